The van der Waals surface area contributed by atoms with Crippen molar-refractivity contribution in [1.82, 2.24) is 0 Å². The Kier molecular flexibility index (Phi) is 6.47. The molecule has 1 spiro atoms. The third kappa shape index (κ3) is 3.27. The smallest absolute Gasteiger partial charge is 0.310 e. The minimum Gasteiger partial charge on any atom is -0.472 e. The summed E-state index contributed by atoms with van der Waals surface area (Å²) >= 11 is 0. The van der Waals surface area contributed by atoms with Crippen molar-refractivity contribution >= 4 is 17.7 Å². The summed E-state index contributed by atoms with van der Waals surface area (Å²) < 4.78 is 30.0. The number of rotatable bonds is 5. The number of carbonyl (C=O) groups excluding carboxylic acids is 3. The molecule has 44 heavy (non-hydrogen) atoms. The number of aliphatic hydroxyl groups is 3. The molecule has 2 bridgehead atoms. The van der Waals surface area contributed by atoms with Crippen molar-refractivity contribution in [2.24, 2.45) is 39.4 Å². The molecule has 3 N–H and O–H groups in total. The first-order valence-electron chi connectivity index (χ1n) is 15.9. The summed E-state index contributed by atoms with van der Waals surface area (Å²) in [5.74, 6) is -3.50. The molecule has 11 nitrogen and oxygen atoms in total. The SMILES string of the molecule is CCC(C)C(=O)OC1OCC23C(O)C(O)C(OC(C)=O)C1(C)C2CC(O)C1(C)C3C(=O)CC2(C)C(c3ccoc3)CC3OC321. The Morgan fingerprint density at radius 3 is 2.50 bits per heavy atom. The number of ketones is 1. The zero-order valence-electron chi connectivity index (χ0n) is 26.1. The Morgan fingerprint density at radius 1 is 1.14 bits per heavy atom. The quantitative estimate of drug-likeness (QED) is 0.329. The molecule has 6 fully saturated rings. The highest BCUT2D eigenvalue weighted by molar-refractivity contribution is 5.87. The molecule has 4 aliphatic carbocycles. The van der Waals surface area contributed by atoms with Crippen molar-refractivity contribution in [2.75, 3.05) is 6.61 Å². The topological polar surface area (TPSA) is 165 Å². The number of esters is 2. The minimum absolute atomic E-state index is 0.0309. The van der Waals surface area contributed by atoms with Gasteiger partial charge in [0.15, 0.2) is 0 Å². The molecule has 2 saturated heterocycles. The lowest BCUT2D eigenvalue weighted by molar-refractivity contribution is -0.389. The lowest BCUT2D eigenvalue weighted by Crippen LogP contribution is -2.83. The molecular weight excluding hydrogens is 572 g/mol. The molecule has 0 amide bonds. The average molecular weight is 617 g/mol. The first-order chi connectivity index (χ1) is 20.7. The largest absolute Gasteiger partial charge is 0.472 e. The minimum atomic E-state index is -1.61. The molecule has 0 radical (unpaired) electrons. The summed E-state index contributed by atoms with van der Waals surface area (Å²) in [5, 5.41) is 36.2. The summed E-state index contributed by atoms with van der Waals surface area (Å²) in [6, 6.07) is 1.91. The van der Waals surface area contributed by atoms with E-state index in [9.17, 15) is 29.7 Å². The van der Waals surface area contributed by atoms with Gasteiger partial charge in [-0.2, -0.15) is 0 Å². The summed E-state index contributed by atoms with van der Waals surface area (Å²) in [5.41, 5.74) is -4.46. The van der Waals surface area contributed by atoms with Crippen LogP contribution in [0.1, 0.15) is 78.7 Å². The van der Waals surface area contributed by atoms with Crippen LogP contribution in [0.15, 0.2) is 23.0 Å². The van der Waals surface area contributed by atoms with E-state index in [4.69, 9.17) is 23.4 Å². The van der Waals surface area contributed by atoms with Gasteiger partial charge in [-0.25, -0.2) is 0 Å². The number of carbonyl (C=O) groups is 3. The standard InChI is InChI=1S/C33H44O11/c1-7-15(2)27(39)43-28-30(5)20-11-21(36)31(6)24(32(20,14-41-28)25(38)23(37)26(30)42-16(3)34)19(35)12-29(4)18(17-8-9-40-13-17)10-22-33(29,31)44-22/h8-9,13,15,18,20-26,28,36-38H,7,10-12,14H2,1-6H3. The van der Waals surface area contributed by atoms with Crippen LogP contribution in [0.25, 0.3) is 0 Å². The second-order valence-corrected chi connectivity index (χ2v) is 15.1. The van der Waals surface area contributed by atoms with Crippen LogP contribution in [-0.2, 0) is 33.3 Å². The van der Waals surface area contributed by atoms with Gasteiger partial charge in [0.1, 0.15) is 23.6 Å². The van der Waals surface area contributed by atoms with Gasteiger partial charge in [-0.05, 0) is 49.7 Å². The molecule has 242 valence electrons. The Balaban J connectivity index is 1.37. The van der Waals surface area contributed by atoms with Gasteiger partial charge in [0.25, 0.3) is 0 Å². The molecule has 15 atom stereocenters. The lowest BCUT2D eigenvalue weighted by atomic mass is 9.33. The molecule has 7 rings (SSSR count). The van der Waals surface area contributed by atoms with Crippen molar-refractivity contribution < 1.29 is 53.1 Å². The Labute approximate surface area is 256 Å². The predicted molar refractivity (Wildman–Crippen MR) is 151 cm³/mol. The maximum atomic E-state index is 14.7. The first kappa shape index (κ1) is 30.3. The van der Waals surface area contributed by atoms with E-state index < -0.39 is 87.7 Å². The van der Waals surface area contributed by atoms with Gasteiger partial charge in [0.05, 0.1) is 48.8 Å². The normalized spacial score (nSPS) is 52.6. The van der Waals surface area contributed by atoms with Crippen LogP contribution < -0.4 is 0 Å². The van der Waals surface area contributed by atoms with Crippen LogP contribution in [0, 0.1) is 39.4 Å². The monoisotopic (exact) mass is 616 g/mol. The summed E-state index contributed by atoms with van der Waals surface area (Å²) in [6.07, 6.45) is -2.27. The van der Waals surface area contributed by atoms with Crippen molar-refractivity contribution in [3.05, 3.63) is 24.2 Å². The molecule has 4 saturated carbocycles. The van der Waals surface area contributed by atoms with Crippen molar-refractivity contribution in [1.29, 1.82) is 0 Å². The van der Waals surface area contributed by atoms with Gasteiger partial charge >= 0.3 is 11.9 Å². The van der Waals surface area contributed by atoms with E-state index in [1.165, 1.54) is 6.92 Å². The molecule has 11 heteroatoms. The van der Waals surface area contributed by atoms with Crippen LogP contribution >= 0.6 is 0 Å². The molecular formula is C33H44O11. The predicted octanol–water partition coefficient (Wildman–Crippen LogP) is 2.49. The average Bonchev–Trinajstić information content (AvgIpc) is 3.34. The van der Waals surface area contributed by atoms with Gasteiger partial charge in [0.2, 0.25) is 6.29 Å². The fourth-order valence-electron chi connectivity index (χ4n) is 11.3. The van der Waals surface area contributed by atoms with Crippen LogP contribution in [0.3, 0.4) is 0 Å². The number of Topliss-reactive ketones (excluding diaryl/α,β-unsaturated/α-hetero) is 1. The number of fused-ring (bicyclic) bond motifs is 1. The van der Waals surface area contributed by atoms with Crippen molar-refractivity contribution in [3.63, 3.8) is 0 Å². The second kappa shape index (κ2) is 9.37. The van der Waals surface area contributed by atoms with E-state index in [0.717, 1.165) is 5.56 Å². The third-order valence-corrected chi connectivity index (χ3v) is 13.4. The fraction of sp³-hybridized carbons (Fsp3) is 0.788. The first-order valence-corrected chi connectivity index (χ1v) is 15.9. The summed E-state index contributed by atoms with van der Waals surface area (Å²) in [7, 11) is 0. The zero-order valence-corrected chi connectivity index (χ0v) is 26.1. The maximum absolute atomic E-state index is 14.7. The fourth-order valence-corrected chi connectivity index (χ4v) is 11.3. The summed E-state index contributed by atoms with van der Waals surface area (Å²) in [4.78, 5) is 40.2. The van der Waals surface area contributed by atoms with E-state index in [-0.39, 0.29) is 37.3 Å². The van der Waals surface area contributed by atoms with Crippen LogP contribution in [0.5, 0.6) is 0 Å². The van der Waals surface area contributed by atoms with Gasteiger partial charge < -0.3 is 38.7 Å². The number of hydrogen-bond acceptors (Lipinski definition) is 11. The van der Waals surface area contributed by atoms with Crippen molar-refractivity contribution in [2.45, 2.75) is 116 Å². The molecule has 0 aromatic carbocycles. The van der Waals surface area contributed by atoms with E-state index in [1.54, 1.807) is 26.4 Å². The highest BCUT2D eigenvalue weighted by Gasteiger charge is 2.90. The molecule has 15 unspecified atom stereocenters. The number of ether oxygens (including phenoxy) is 4. The van der Waals surface area contributed by atoms with Crippen LogP contribution in [-0.4, -0.2) is 82.1 Å². The highest BCUT2D eigenvalue weighted by atomic mass is 16.7. The molecule has 6 aliphatic rings. The van der Waals surface area contributed by atoms with Crippen LogP contribution in [0.2, 0.25) is 0 Å². The lowest BCUT2D eigenvalue weighted by Gasteiger charge is -2.73. The highest BCUT2D eigenvalue weighted by Crippen LogP contribution is 2.82. The van der Waals surface area contributed by atoms with E-state index in [2.05, 4.69) is 6.92 Å². The number of hydrogen-bond donors (Lipinski definition) is 3. The van der Waals surface area contributed by atoms with Gasteiger partial charge in [-0.3, -0.25) is 14.4 Å². The van der Waals surface area contributed by atoms with Crippen molar-refractivity contribution in [3.8, 4) is 0 Å². The number of furan rings is 1. The molecule has 2 aliphatic heterocycles. The molecule has 1 aromatic rings. The van der Waals surface area contributed by atoms with E-state index >= 15 is 0 Å². The van der Waals surface area contributed by atoms with E-state index in [1.807, 2.05) is 19.9 Å². The zero-order chi connectivity index (χ0) is 31.8. The third-order valence-electron chi connectivity index (χ3n) is 13.4. The van der Waals surface area contributed by atoms with Gasteiger partial charge in [0, 0.05) is 35.5 Å². The molecule has 1 aromatic heterocycles. The number of epoxide rings is 1. The maximum Gasteiger partial charge on any atom is 0.310 e. The van der Waals surface area contributed by atoms with Gasteiger partial charge in [-0.15, -0.1) is 0 Å². The summed E-state index contributed by atoms with van der Waals surface area (Å²) in [6.45, 7) is 10.3. The van der Waals surface area contributed by atoms with Crippen LogP contribution in [0.4, 0.5) is 0 Å². The second-order valence-electron chi connectivity index (χ2n) is 15.1. The Hall–Kier alpha value is -2.31. The van der Waals surface area contributed by atoms with Gasteiger partial charge in [-0.1, -0.05) is 27.7 Å². The Morgan fingerprint density at radius 2 is 1.86 bits per heavy atom. The number of aliphatic hydroxyl groups excluding tert-OH is 3. The Bertz CT molecular complexity index is 1380. The van der Waals surface area contributed by atoms with E-state index in [0.29, 0.717) is 12.8 Å². The molecule has 3 heterocycles.